The number of piperidine rings is 1. The monoisotopic (exact) mass is 265 g/mol. The van der Waals surface area contributed by atoms with Gasteiger partial charge in [-0.3, -0.25) is 9.69 Å². The lowest BCUT2D eigenvalue weighted by atomic mass is 9.97. The van der Waals surface area contributed by atoms with Gasteiger partial charge in [0.2, 0.25) is 5.91 Å². The third kappa shape index (κ3) is 2.65. The molecule has 3 rings (SSSR count). The Morgan fingerprint density at radius 1 is 1.11 bits per heavy atom. The molecule has 4 unspecified atom stereocenters. The van der Waals surface area contributed by atoms with Crippen molar-refractivity contribution in [3.05, 3.63) is 0 Å². The van der Waals surface area contributed by atoms with E-state index in [4.69, 9.17) is 0 Å². The van der Waals surface area contributed by atoms with Gasteiger partial charge in [-0.1, -0.05) is 0 Å². The summed E-state index contributed by atoms with van der Waals surface area (Å²) in [5.74, 6) is 0.352. The van der Waals surface area contributed by atoms with Crippen molar-refractivity contribution in [1.29, 1.82) is 0 Å². The Morgan fingerprint density at radius 3 is 2.74 bits per heavy atom. The Kier molecular flexibility index (Phi) is 3.81. The second kappa shape index (κ2) is 5.41. The van der Waals surface area contributed by atoms with Gasteiger partial charge in [-0.05, 0) is 52.5 Å². The maximum atomic E-state index is 12.7. The Hall–Kier alpha value is -0.610. The smallest absolute Gasteiger partial charge is 0.240 e. The van der Waals surface area contributed by atoms with Crippen molar-refractivity contribution >= 4 is 5.91 Å². The van der Waals surface area contributed by atoms with Gasteiger partial charge < -0.3 is 10.2 Å². The average Bonchev–Trinajstić information content (AvgIpc) is 2.84. The second-order valence-corrected chi connectivity index (χ2v) is 6.68. The fourth-order valence-corrected chi connectivity index (χ4v) is 4.03. The third-order valence-corrected chi connectivity index (χ3v) is 5.13. The van der Waals surface area contributed by atoms with E-state index in [1.165, 1.54) is 32.2 Å². The molecule has 0 bridgehead atoms. The van der Waals surface area contributed by atoms with E-state index in [0.717, 1.165) is 19.5 Å². The van der Waals surface area contributed by atoms with Gasteiger partial charge in [0.05, 0.1) is 6.04 Å². The van der Waals surface area contributed by atoms with Crippen LogP contribution in [-0.4, -0.2) is 59.5 Å². The number of nitrogens with zero attached hydrogens (tertiary/aromatic N) is 2. The van der Waals surface area contributed by atoms with Crippen LogP contribution in [0.3, 0.4) is 0 Å². The van der Waals surface area contributed by atoms with E-state index < -0.39 is 0 Å². The highest BCUT2D eigenvalue weighted by Gasteiger charge is 2.38. The van der Waals surface area contributed by atoms with Gasteiger partial charge in [0.15, 0.2) is 0 Å². The Morgan fingerprint density at radius 2 is 1.95 bits per heavy atom. The molecule has 3 aliphatic heterocycles. The van der Waals surface area contributed by atoms with E-state index in [2.05, 4.69) is 29.0 Å². The first kappa shape index (κ1) is 13.4. The topological polar surface area (TPSA) is 35.6 Å². The van der Waals surface area contributed by atoms with Crippen molar-refractivity contribution in [1.82, 2.24) is 15.1 Å². The van der Waals surface area contributed by atoms with Gasteiger partial charge in [0, 0.05) is 31.2 Å². The van der Waals surface area contributed by atoms with Crippen molar-refractivity contribution in [2.75, 3.05) is 19.6 Å². The zero-order valence-corrected chi connectivity index (χ0v) is 12.3. The van der Waals surface area contributed by atoms with Crippen LogP contribution in [0.5, 0.6) is 0 Å². The minimum Gasteiger partial charge on any atom is -0.336 e. The van der Waals surface area contributed by atoms with E-state index in [9.17, 15) is 4.79 Å². The second-order valence-electron chi connectivity index (χ2n) is 6.68. The molecule has 3 fully saturated rings. The first-order chi connectivity index (χ1) is 9.15. The summed E-state index contributed by atoms with van der Waals surface area (Å²) in [5, 5.41) is 3.49. The molecule has 3 aliphatic rings. The van der Waals surface area contributed by atoms with Crippen LogP contribution in [0.15, 0.2) is 0 Å². The predicted molar refractivity (Wildman–Crippen MR) is 76.0 cm³/mol. The third-order valence-electron chi connectivity index (χ3n) is 5.13. The lowest BCUT2D eigenvalue weighted by molar-refractivity contribution is -0.140. The summed E-state index contributed by atoms with van der Waals surface area (Å²) < 4.78 is 0. The maximum absolute atomic E-state index is 12.7. The van der Waals surface area contributed by atoms with Gasteiger partial charge in [0.25, 0.3) is 0 Å². The Bertz CT molecular complexity index is 346. The van der Waals surface area contributed by atoms with Crippen molar-refractivity contribution in [2.45, 2.75) is 70.1 Å². The fraction of sp³-hybridized carbons (Fsp3) is 0.933. The number of piperazine rings is 1. The molecule has 1 N–H and O–H groups in total. The molecule has 0 aromatic carbocycles. The zero-order chi connectivity index (χ0) is 13.4. The molecule has 0 aliphatic carbocycles. The van der Waals surface area contributed by atoms with E-state index in [-0.39, 0.29) is 6.04 Å². The number of hydrogen-bond acceptors (Lipinski definition) is 3. The van der Waals surface area contributed by atoms with E-state index in [1.807, 2.05) is 0 Å². The van der Waals surface area contributed by atoms with Crippen LogP contribution in [0.1, 0.15) is 46.0 Å². The van der Waals surface area contributed by atoms with Crippen molar-refractivity contribution in [3.8, 4) is 0 Å². The summed E-state index contributed by atoms with van der Waals surface area (Å²) in [6.07, 6.45) is 5.97. The van der Waals surface area contributed by atoms with Gasteiger partial charge in [-0.25, -0.2) is 0 Å². The quantitative estimate of drug-likeness (QED) is 0.774. The van der Waals surface area contributed by atoms with Gasteiger partial charge in [-0.2, -0.15) is 0 Å². The molecule has 0 saturated carbocycles. The van der Waals surface area contributed by atoms with Crippen LogP contribution in [0.2, 0.25) is 0 Å². The molecule has 4 heteroatoms. The molecular weight excluding hydrogens is 238 g/mol. The Balaban J connectivity index is 1.65. The van der Waals surface area contributed by atoms with Crippen LogP contribution < -0.4 is 5.32 Å². The molecule has 108 valence electrons. The Labute approximate surface area is 116 Å². The van der Waals surface area contributed by atoms with Crippen molar-refractivity contribution < 1.29 is 4.79 Å². The molecule has 0 aromatic rings. The largest absolute Gasteiger partial charge is 0.336 e. The van der Waals surface area contributed by atoms with Crippen LogP contribution in [0.25, 0.3) is 0 Å². The molecule has 0 spiro atoms. The average molecular weight is 265 g/mol. The number of hydrogen-bond donors (Lipinski definition) is 1. The lowest BCUT2D eigenvalue weighted by Gasteiger charge is -2.44. The van der Waals surface area contributed by atoms with Crippen LogP contribution in [0, 0.1) is 0 Å². The number of carbonyl (C=O) groups is 1. The summed E-state index contributed by atoms with van der Waals surface area (Å²) in [5.41, 5.74) is 0. The standard InChI is InChI=1S/C15H27N3O/c1-11-5-3-7-14(16-11)15(19)18-10-13-6-4-8-17(13)9-12(18)2/h11-14,16H,3-10H2,1-2H3. The summed E-state index contributed by atoms with van der Waals surface area (Å²) in [7, 11) is 0. The number of nitrogens with one attached hydrogen (secondary N) is 1. The van der Waals surface area contributed by atoms with Gasteiger partial charge in [-0.15, -0.1) is 0 Å². The fourth-order valence-electron chi connectivity index (χ4n) is 4.03. The molecule has 4 nitrogen and oxygen atoms in total. The number of carbonyl (C=O) groups excluding carboxylic acids is 1. The highest BCUT2D eigenvalue weighted by Crippen LogP contribution is 2.26. The summed E-state index contributed by atoms with van der Waals surface area (Å²) >= 11 is 0. The maximum Gasteiger partial charge on any atom is 0.240 e. The summed E-state index contributed by atoms with van der Waals surface area (Å²) in [6.45, 7) is 7.65. The lowest BCUT2D eigenvalue weighted by Crippen LogP contribution is -2.61. The molecule has 4 atom stereocenters. The highest BCUT2D eigenvalue weighted by molar-refractivity contribution is 5.82. The number of rotatable bonds is 1. The zero-order valence-electron chi connectivity index (χ0n) is 12.3. The number of amides is 1. The van der Waals surface area contributed by atoms with Crippen molar-refractivity contribution in [2.24, 2.45) is 0 Å². The van der Waals surface area contributed by atoms with Crippen LogP contribution in [-0.2, 0) is 4.79 Å². The molecule has 3 saturated heterocycles. The summed E-state index contributed by atoms with van der Waals surface area (Å²) in [6, 6.07) is 1.56. The van der Waals surface area contributed by atoms with Gasteiger partial charge in [0.1, 0.15) is 0 Å². The first-order valence-electron chi connectivity index (χ1n) is 7.95. The highest BCUT2D eigenvalue weighted by atomic mass is 16.2. The SMILES string of the molecule is CC1CCCC(C(=O)N2CC3CCCN3CC2C)N1. The molecule has 19 heavy (non-hydrogen) atoms. The molecular formula is C15H27N3O. The van der Waals surface area contributed by atoms with Crippen molar-refractivity contribution in [3.63, 3.8) is 0 Å². The minimum absolute atomic E-state index is 0.0687. The molecule has 0 radical (unpaired) electrons. The predicted octanol–water partition coefficient (Wildman–Crippen LogP) is 1.21. The normalized spacial score (nSPS) is 40.2. The molecule has 3 heterocycles. The van der Waals surface area contributed by atoms with E-state index in [0.29, 0.717) is 24.0 Å². The van der Waals surface area contributed by atoms with Gasteiger partial charge >= 0.3 is 0 Å². The molecule has 0 aromatic heterocycles. The minimum atomic E-state index is 0.0687. The first-order valence-corrected chi connectivity index (χ1v) is 7.95. The summed E-state index contributed by atoms with van der Waals surface area (Å²) in [4.78, 5) is 17.5. The van der Waals surface area contributed by atoms with Crippen LogP contribution >= 0.6 is 0 Å². The van der Waals surface area contributed by atoms with E-state index in [1.54, 1.807) is 0 Å². The molecule has 1 amide bonds. The van der Waals surface area contributed by atoms with E-state index >= 15 is 0 Å². The number of fused-ring (bicyclic) bond motifs is 1. The van der Waals surface area contributed by atoms with Crippen LogP contribution in [0.4, 0.5) is 0 Å².